The third kappa shape index (κ3) is 3.82. The number of carboxylic acid groups (broad SMARTS) is 1. The molecule has 1 heterocycles. The summed E-state index contributed by atoms with van der Waals surface area (Å²) < 4.78 is 29.4. The Kier molecular flexibility index (Phi) is 4.24. The second-order valence-corrected chi connectivity index (χ2v) is 5.47. The highest BCUT2D eigenvalue weighted by Gasteiger charge is 2.24. The van der Waals surface area contributed by atoms with E-state index in [4.69, 9.17) is 9.63 Å². The fourth-order valence-corrected chi connectivity index (χ4v) is 2.71. The highest BCUT2D eigenvalue weighted by molar-refractivity contribution is 7.88. The molecule has 1 N–H and O–H groups in total. The molecule has 7 nitrogen and oxygen atoms in total. The van der Waals surface area contributed by atoms with Gasteiger partial charge in [-0.2, -0.15) is 4.31 Å². The summed E-state index contributed by atoms with van der Waals surface area (Å²) in [5, 5.41) is 12.2. The maximum atomic E-state index is 11.9. The molecule has 0 aromatic carbocycles. The van der Waals surface area contributed by atoms with E-state index < -0.39 is 22.5 Å². The first-order chi connectivity index (χ1) is 7.85. The average Bonchev–Trinajstić information content (AvgIpc) is 2.59. The molecule has 0 aliphatic carbocycles. The largest absolute Gasteiger partial charge is 0.480 e. The van der Waals surface area contributed by atoms with Crippen LogP contribution in [-0.4, -0.2) is 42.0 Å². The van der Waals surface area contributed by atoms with Crippen LogP contribution in [0.25, 0.3) is 0 Å². The molecule has 1 aromatic rings. The standard InChI is InChI=1S/C9H14N2O5S/c1-3-11(5-9(12)13)17(14,15)6-8-4-7(2)16-10-8/h4H,3,5-6H2,1-2H3,(H,12,13). The number of aryl methyl sites for hydroxylation is 1. The lowest BCUT2D eigenvalue weighted by Crippen LogP contribution is -2.36. The molecule has 1 rings (SSSR count). The lowest BCUT2D eigenvalue weighted by Gasteiger charge is -2.17. The summed E-state index contributed by atoms with van der Waals surface area (Å²) in [6, 6.07) is 1.51. The first-order valence-electron chi connectivity index (χ1n) is 4.97. The zero-order valence-corrected chi connectivity index (χ0v) is 10.4. The maximum absolute atomic E-state index is 11.9. The number of hydrogen-bond donors (Lipinski definition) is 1. The fraction of sp³-hybridized carbons (Fsp3) is 0.556. The Morgan fingerprint density at radius 2 is 2.24 bits per heavy atom. The van der Waals surface area contributed by atoms with Crippen LogP contribution in [0.2, 0.25) is 0 Å². The molecule has 96 valence electrons. The predicted octanol–water partition coefficient (Wildman–Crippen LogP) is 0.219. The molecule has 17 heavy (non-hydrogen) atoms. The van der Waals surface area contributed by atoms with Crippen LogP contribution >= 0.6 is 0 Å². The van der Waals surface area contributed by atoms with Crippen molar-refractivity contribution in [1.82, 2.24) is 9.46 Å². The van der Waals surface area contributed by atoms with Crippen LogP contribution in [0.5, 0.6) is 0 Å². The number of aromatic nitrogens is 1. The van der Waals surface area contributed by atoms with Gasteiger partial charge in [-0.15, -0.1) is 0 Å². The van der Waals surface area contributed by atoms with Gasteiger partial charge in [0.05, 0.1) is 0 Å². The topological polar surface area (TPSA) is 101 Å². The molecule has 0 aliphatic rings. The van der Waals surface area contributed by atoms with Crippen LogP contribution < -0.4 is 0 Å². The quantitative estimate of drug-likeness (QED) is 0.787. The Morgan fingerprint density at radius 1 is 1.59 bits per heavy atom. The number of nitrogens with zero attached hydrogens (tertiary/aromatic N) is 2. The molecule has 0 atom stereocenters. The zero-order valence-electron chi connectivity index (χ0n) is 9.58. The second-order valence-electron chi connectivity index (χ2n) is 3.51. The Hall–Kier alpha value is -1.41. The molecular weight excluding hydrogens is 248 g/mol. The van der Waals surface area contributed by atoms with Crippen LogP contribution in [-0.2, 0) is 20.6 Å². The van der Waals surface area contributed by atoms with Crippen LogP contribution in [0.15, 0.2) is 10.6 Å². The third-order valence-electron chi connectivity index (χ3n) is 2.06. The van der Waals surface area contributed by atoms with Crippen molar-refractivity contribution < 1.29 is 22.8 Å². The van der Waals surface area contributed by atoms with Gasteiger partial charge in [-0.1, -0.05) is 12.1 Å². The Balaban J connectivity index is 2.82. The van der Waals surface area contributed by atoms with Gasteiger partial charge in [0.25, 0.3) is 0 Å². The molecule has 8 heteroatoms. The van der Waals surface area contributed by atoms with E-state index in [1.165, 1.54) is 6.07 Å². The van der Waals surface area contributed by atoms with Gasteiger partial charge < -0.3 is 9.63 Å². The molecule has 1 aromatic heterocycles. The SMILES string of the molecule is CCN(CC(=O)O)S(=O)(=O)Cc1cc(C)on1. The number of sulfonamides is 1. The lowest BCUT2D eigenvalue weighted by molar-refractivity contribution is -0.137. The Morgan fingerprint density at radius 3 is 2.65 bits per heavy atom. The van der Waals surface area contributed by atoms with Gasteiger partial charge in [-0.05, 0) is 6.92 Å². The summed E-state index contributed by atoms with van der Waals surface area (Å²) in [7, 11) is -3.68. The zero-order chi connectivity index (χ0) is 13.1. The number of rotatable bonds is 6. The van der Waals surface area contributed by atoms with E-state index in [1.807, 2.05) is 0 Å². The first kappa shape index (κ1) is 13.7. The number of likely N-dealkylation sites (N-methyl/N-ethyl adjacent to an activating group) is 1. The number of carbonyl (C=O) groups is 1. The van der Waals surface area contributed by atoms with Gasteiger partial charge in [-0.3, -0.25) is 4.79 Å². The smallest absolute Gasteiger partial charge is 0.318 e. The minimum absolute atomic E-state index is 0.103. The molecule has 0 bridgehead atoms. The van der Waals surface area contributed by atoms with Gasteiger partial charge in [0.1, 0.15) is 23.8 Å². The van der Waals surface area contributed by atoms with E-state index >= 15 is 0 Å². The lowest BCUT2D eigenvalue weighted by atomic mass is 10.4. The summed E-state index contributed by atoms with van der Waals surface area (Å²) in [6.45, 7) is 2.79. The van der Waals surface area contributed by atoms with Gasteiger partial charge in [0.2, 0.25) is 10.0 Å². The molecule has 0 radical (unpaired) electrons. The van der Waals surface area contributed by atoms with Crippen molar-refractivity contribution in [1.29, 1.82) is 0 Å². The molecule has 0 aliphatic heterocycles. The molecule has 0 spiro atoms. The Labute approximate surface area is 99.1 Å². The van der Waals surface area contributed by atoms with Crippen molar-refractivity contribution in [2.24, 2.45) is 0 Å². The minimum Gasteiger partial charge on any atom is -0.480 e. The normalized spacial score (nSPS) is 11.9. The first-order valence-corrected chi connectivity index (χ1v) is 6.58. The van der Waals surface area contributed by atoms with Crippen molar-refractivity contribution in [3.05, 3.63) is 17.5 Å². The highest BCUT2D eigenvalue weighted by Crippen LogP contribution is 2.10. The average molecular weight is 262 g/mol. The molecule has 0 saturated carbocycles. The number of hydrogen-bond acceptors (Lipinski definition) is 5. The summed E-state index contributed by atoms with van der Waals surface area (Å²) in [6.07, 6.45) is 0. The summed E-state index contributed by atoms with van der Waals surface area (Å²) >= 11 is 0. The predicted molar refractivity (Wildman–Crippen MR) is 58.7 cm³/mol. The third-order valence-corrected chi connectivity index (χ3v) is 3.90. The molecule has 0 unspecified atom stereocenters. The van der Waals surface area contributed by atoms with E-state index in [-0.39, 0.29) is 18.0 Å². The Bertz CT molecular complexity index is 493. The van der Waals surface area contributed by atoms with Gasteiger partial charge in [-0.25, -0.2) is 8.42 Å². The van der Waals surface area contributed by atoms with E-state index in [9.17, 15) is 13.2 Å². The molecule has 0 amide bonds. The van der Waals surface area contributed by atoms with Crippen molar-refractivity contribution in [3.63, 3.8) is 0 Å². The molecule has 0 fully saturated rings. The van der Waals surface area contributed by atoms with Crippen LogP contribution in [0.4, 0.5) is 0 Å². The molecule has 0 saturated heterocycles. The maximum Gasteiger partial charge on any atom is 0.318 e. The fourth-order valence-electron chi connectivity index (χ4n) is 1.32. The summed E-state index contributed by atoms with van der Waals surface area (Å²) in [5.74, 6) is -1.03. The summed E-state index contributed by atoms with van der Waals surface area (Å²) in [4.78, 5) is 10.5. The van der Waals surface area contributed by atoms with E-state index in [0.717, 1.165) is 4.31 Å². The van der Waals surface area contributed by atoms with Crippen molar-refractivity contribution in [2.75, 3.05) is 13.1 Å². The van der Waals surface area contributed by atoms with E-state index in [2.05, 4.69) is 5.16 Å². The molecular formula is C9H14N2O5S. The van der Waals surface area contributed by atoms with Crippen LogP contribution in [0.3, 0.4) is 0 Å². The summed E-state index contributed by atoms with van der Waals surface area (Å²) in [5.41, 5.74) is 0.270. The van der Waals surface area contributed by atoms with Crippen LogP contribution in [0, 0.1) is 6.92 Å². The van der Waals surface area contributed by atoms with E-state index in [0.29, 0.717) is 5.76 Å². The van der Waals surface area contributed by atoms with Crippen molar-refractivity contribution in [3.8, 4) is 0 Å². The number of aliphatic carboxylic acids is 1. The monoisotopic (exact) mass is 262 g/mol. The van der Waals surface area contributed by atoms with Gasteiger partial charge in [0, 0.05) is 12.6 Å². The highest BCUT2D eigenvalue weighted by atomic mass is 32.2. The number of carboxylic acids is 1. The van der Waals surface area contributed by atoms with Gasteiger partial charge in [0.15, 0.2) is 0 Å². The van der Waals surface area contributed by atoms with Crippen molar-refractivity contribution in [2.45, 2.75) is 19.6 Å². The van der Waals surface area contributed by atoms with E-state index in [1.54, 1.807) is 13.8 Å². The minimum atomic E-state index is -3.68. The second kappa shape index (κ2) is 5.28. The van der Waals surface area contributed by atoms with Crippen LogP contribution in [0.1, 0.15) is 18.4 Å². The van der Waals surface area contributed by atoms with Crippen molar-refractivity contribution >= 4 is 16.0 Å². The van der Waals surface area contributed by atoms with Gasteiger partial charge >= 0.3 is 5.97 Å².